The molecule has 0 saturated heterocycles. The van der Waals surface area contributed by atoms with Crippen LogP contribution in [0.15, 0.2) is 71.8 Å². The van der Waals surface area contributed by atoms with Crippen LogP contribution in [-0.4, -0.2) is 11.9 Å². The molecule has 0 N–H and O–H groups in total. The minimum Gasteiger partial charge on any atom is -0.342 e. The molecule has 0 radical (unpaired) electrons. The van der Waals surface area contributed by atoms with Gasteiger partial charge in [0.1, 0.15) is 0 Å². The normalized spacial score (nSPS) is 14.9. The van der Waals surface area contributed by atoms with Gasteiger partial charge in [0.05, 0.1) is 34.7 Å². The van der Waals surface area contributed by atoms with E-state index in [1.165, 1.54) is 0 Å². The molecule has 2 aromatic rings. The fourth-order valence-corrected chi connectivity index (χ4v) is 3.15. The molecule has 1 aliphatic heterocycles. The Balaban J connectivity index is 2.22. The van der Waals surface area contributed by atoms with Crippen LogP contribution in [0.25, 0.3) is 11.4 Å². The van der Waals surface area contributed by atoms with Gasteiger partial charge in [0.2, 0.25) is 0 Å². The molecule has 0 aromatic heterocycles. The second kappa shape index (κ2) is 6.86. The van der Waals surface area contributed by atoms with Crippen LogP contribution in [0, 0.1) is 22.7 Å². The number of nitrogens with zero attached hydrogens (tertiary/aromatic N) is 3. The highest BCUT2D eigenvalue weighted by Crippen LogP contribution is 2.37. The van der Waals surface area contributed by atoms with Crippen LogP contribution < -0.4 is 0 Å². The maximum absolute atomic E-state index is 9.65. The Labute approximate surface area is 142 Å². The summed E-state index contributed by atoms with van der Waals surface area (Å²) in [5, 5.41) is 19.3. The molecule has 0 amide bonds. The summed E-state index contributed by atoms with van der Waals surface area (Å²) in [5.74, 6) is 0. The van der Waals surface area contributed by atoms with Crippen LogP contribution in [0.2, 0.25) is 0 Å². The number of hydrogen-bond donors (Lipinski definition) is 0. The van der Waals surface area contributed by atoms with Crippen molar-refractivity contribution in [3.8, 4) is 12.1 Å². The first-order chi connectivity index (χ1) is 11.8. The van der Waals surface area contributed by atoms with Gasteiger partial charge in [-0.2, -0.15) is 10.5 Å². The van der Waals surface area contributed by atoms with Crippen molar-refractivity contribution in [3.63, 3.8) is 0 Å². The van der Waals surface area contributed by atoms with Gasteiger partial charge in [-0.05, 0) is 24.0 Å². The summed E-state index contributed by atoms with van der Waals surface area (Å²) in [5.41, 5.74) is 5.16. The van der Waals surface area contributed by atoms with E-state index in [0.717, 1.165) is 22.5 Å². The third-order valence-electron chi connectivity index (χ3n) is 4.23. The van der Waals surface area contributed by atoms with Crippen molar-refractivity contribution in [2.45, 2.75) is 12.8 Å². The van der Waals surface area contributed by atoms with Crippen LogP contribution in [0.3, 0.4) is 0 Å². The van der Waals surface area contributed by atoms with Crippen molar-refractivity contribution in [1.82, 2.24) is 4.90 Å². The van der Waals surface area contributed by atoms with Gasteiger partial charge in [0.25, 0.3) is 0 Å². The zero-order valence-corrected chi connectivity index (χ0v) is 13.5. The molecule has 0 bridgehead atoms. The van der Waals surface area contributed by atoms with E-state index in [0.29, 0.717) is 24.0 Å². The Bertz CT molecular complexity index is 803. The molecule has 0 atom stereocenters. The van der Waals surface area contributed by atoms with Crippen LogP contribution in [0.5, 0.6) is 0 Å². The second-order valence-electron chi connectivity index (χ2n) is 5.67. The molecule has 1 heterocycles. The predicted molar refractivity (Wildman–Crippen MR) is 94.9 cm³/mol. The Hall–Kier alpha value is -3.30. The first kappa shape index (κ1) is 15.6. The Morgan fingerprint density at radius 3 is 1.42 bits per heavy atom. The Kier molecular flexibility index (Phi) is 4.45. The van der Waals surface area contributed by atoms with Gasteiger partial charge in [0, 0.05) is 7.05 Å². The van der Waals surface area contributed by atoms with Crippen molar-refractivity contribution in [2.75, 3.05) is 7.05 Å². The quantitative estimate of drug-likeness (QED) is 0.815. The summed E-state index contributed by atoms with van der Waals surface area (Å²) in [7, 11) is 1.94. The largest absolute Gasteiger partial charge is 0.342 e. The van der Waals surface area contributed by atoms with Gasteiger partial charge in [-0.25, -0.2) is 0 Å². The summed E-state index contributed by atoms with van der Waals surface area (Å²) >= 11 is 0. The predicted octanol–water partition coefficient (Wildman–Crippen LogP) is 4.58. The van der Waals surface area contributed by atoms with E-state index >= 15 is 0 Å². The third kappa shape index (κ3) is 2.81. The molecule has 0 saturated carbocycles. The zero-order valence-electron chi connectivity index (χ0n) is 13.5. The summed E-state index contributed by atoms with van der Waals surface area (Å²) in [6, 6.07) is 24.5. The van der Waals surface area contributed by atoms with E-state index in [1.807, 2.05) is 72.6 Å². The standard InChI is InChI=1S/C21H17N3/c1-24-20(16-8-4-2-5-9-16)18(14-22)12-13-19(15-23)21(24)17-10-6-3-7-11-17/h2-11H,12-13H2,1H3. The maximum Gasteiger partial charge on any atom is 0.0969 e. The molecule has 0 unspecified atom stereocenters. The molecule has 0 aliphatic carbocycles. The Morgan fingerprint density at radius 1 is 0.708 bits per heavy atom. The summed E-state index contributed by atoms with van der Waals surface area (Å²) in [6.45, 7) is 0. The van der Waals surface area contributed by atoms with E-state index in [9.17, 15) is 10.5 Å². The number of rotatable bonds is 2. The molecule has 3 nitrogen and oxygen atoms in total. The van der Waals surface area contributed by atoms with E-state index in [1.54, 1.807) is 0 Å². The van der Waals surface area contributed by atoms with Crippen molar-refractivity contribution < 1.29 is 0 Å². The smallest absolute Gasteiger partial charge is 0.0969 e. The lowest BCUT2D eigenvalue weighted by Gasteiger charge is -2.26. The van der Waals surface area contributed by atoms with E-state index in [-0.39, 0.29) is 0 Å². The lowest BCUT2D eigenvalue weighted by atomic mass is 10.0. The summed E-state index contributed by atoms with van der Waals surface area (Å²) in [6.07, 6.45) is 1.15. The van der Waals surface area contributed by atoms with Gasteiger partial charge >= 0.3 is 0 Å². The topological polar surface area (TPSA) is 50.8 Å². The first-order valence-electron chi connectivity index (χ1n) is 7.87. The minimum absolute atomic E-state index is 0.574. The van der Waals surface area contributed by atoms with Gasteiger partial charge in [-0.3, -0.25) is 0 Å². The summed E-state index contributed by atoms with van der Waals surface area (Å²) in [4.78, 5) is 1.99. The zero-order chi connectivity index (χ0) is 16.9. The van der Waals surface area contributed by atoms with Gasteiger partial charge < -0.3 is 4.90 Å². The highest BCUT2D eigenvalue weighted by molar-refractivity contribution is 5.83. The summed E-state index contributed by atoms with van der Waals surface area (Å²) < 4.78 is 0. The number of allylic oxidation sites excluding steroid dienone is 2. The van der Waals surface area contributed by atoms with E-state index in [4.69, 9.17) is 0 Å². The monoisotopic (exact) mass is 311 g/mol. The molecule has 1 aliphatic rings. The fourth-order valence-electron chi connectivity index (χ4n) is 3.15. The highest BCUT2D eigenvalue weighted by atomic mass is 15.1. The van der Waals surface area contributed by atoms with Gasteiger partial charge in [-0.15, -0.1) is 0 Å². The van der Waals surface area contributed by atoms with Crippen molar-refractivity contribution in [3.05, 3.63) is 82.9 Å². The maximum atomic E-state index is 9.65. The third-order valence-corrected chi connectivity index (χ3v) is 4.23. The number of hydrogen-bond acceptors (Lipinski definition) is 3. The van der Waals surface area contributed by atoms with E-state index < -0.39 is 0 Å². The van der Waals surface area contributed by atoms with Crippen LogP contribution in [-0.2, 0) is 0 Å². The fraction of sp³-hybridized carbons (Fsp3) is 0.143. The minimum atomic E-state index is 0.574. The molecule has 0 fully saturated rings. The second-order valence-corrected chi connectivity index (χ2v) is 5.67. The Morgan fingerprint density at radius 2 is 1.08 bits per heavy atom. The SMILES string of the molecule is CN1C(c2ccccc2)=C(C#N)CCC(C#N)=C1c1ccccc1. The lowest BCUT2D eigenvalue weighted by Crippen LogP contribution is -2.17. The van der Waals surface area contributed by atoms with Gasteiger partial charge in [-0.1, -0.05) is 60.7 Å². The number of benzene rings is 2. The van der Waals surface area contributed by atoms with Crippen molar-refractivity contribution >= 4 is 11.4 Å². The molecule has 0 spiro atoms. The molecule has 3 rings (SSSR count). The molecular formula is C21H17N3. The molecule has 24 heavy (non-hydrogen) atoms. The molecule has 2 aromatic carbocycles. The number of nitriles is 2. The molecule has 116 valence electrons. The molecular weight excluding hydrogens is 294 g/mol. The van der Waals surface area contributed by atoms with Crippen molar-refractivity contribution in [1.29, 1.82) is 10.5 Å². The van der Waals surface area contributed by atoms with Crippen LogP contribution in [0.4, 0.5) is 0 Å². The van der Waals surface area contributed by atoms with Crippen molar-refractivity contribution in [2.24, 2.45) is 0 Å². The molecule has 3 heteroatoms. The highest BCUT2D eigenvalue weighted by Gasteiger charge is 2.24. The average Bonchev–Trinajstić information content (AvgIpc) is 2.78. The van der Waals surface area contributed by atoms with Gasteiger partial charge in [0.15, 0.2) is 0 Å². The van der Waals surface area contributed by atoms with Crippen LogP contribution >= 0.6 is 0 Å². The van der Waals surface area contributed by atoms with Crippen LogP contribution in [0.1, 0.15) is 24.0 Å². The average molecular weight is 311 g/mol. The lowest BCUT2D eigenvalue weighted by molar-refractivity contribution is 0.680. The van der Waals surface area contributed by atoms with E-state index in [2.05, 4.69) is 12.1 Å². The first-order valence-corrected chi connectivity index (χ1v) is 7.87.